The molecule has 0 aromatic rings. The molecule has 0 atom stereocenters. The molecule has 0 unspecified atom stereocenters. The maximum absolute atomic E-state index is 8.03. The van der Waals surface area contributed by atoms with Gasteiger partial charge in [-0.15, -0.1) is 6.58 Å². The monoisotopic (exact) mass is 125 g/mol. The van der Waals surface area contributed by atoms with Crippen LogP contribution in [0.4, 0.5) is 0 Å². The van der Waals surface area contributed by atoms with Gasteiger partial charge < -0.3 is 4.74 Å². The Kier molecular flexibility index (Phi) is 4.85. The fraction of sp³-hybridized carbons (Fsp3) is 0.571. The lowest BCUT2D eigenvalue weighted by Gasteiger charge is -1.96. The second-order valence-electron chi connectivity index (χ2n) is 1.92. The lowest BCUT2D eigenvalue weighted by atomic mass is 10.3. The molecule has 50 valence electrons. The summed E-state index contributed by atoms with van der Waals surface area (Å²) in [4.78, 5) is 0. The zero-order valence-corrected chi connectivity index (χ0v) is 5.68. The van der Waals surface area contributed by atoms with E-state index in [9.17, 15) is 0 Å². The van der Waals surface area contributed by atoms with E-state index in [0.29, 0.717) is 6.61 Å². The average Bonchev–Trinajstić information content (AvgIpc) is 1.80. The summed E-state index contributed by atoms with van der Waals surface area (Å²) in [7, 11) is 0. The Hall–Kier alpha value is -0.810. The van der Waals surface area contributed by atoms with E-state index in [0.717, 1.165) is 12.0 Å². The van der Waals surface area contributed by atoms with Crippen molar-refractivity contribution in [1.29, 1.82) is 5.26 Å². The van der Waals surface area contributed by atoms with E-state index in [-0.39, 0.29) is 6.61 Å². The number of nitriles is 1. The number of ether oxygens (including phenoxy) is 1. The number of hydrogen-bond donors (Lipinski definition) is 0. The third kappa shape index (κ3) is 7.19. The van der Waals surface area contributed by atoms with Crippen LogP contribution in [0.2, 0.25) is 0 Å². The molecule has 0 heterocycles. The minimum atomic E-state index is 0.188. The Morgan fingerprint density at radius 3 is 2.89 bits per heavy atom. The van der Waals surface area contributed by atoms with E-state index >= 15 is 0 Å². The normalized spacial score (nSPS) is 8.44. The molecule has 9 heavy (non-hydrogen) atoms. The van der Waals surface area contributed by atoms with Crippen LogP contribution < -0.4 is 0 Å². The molecule has 0 N–H and O–H groups in total. The molecular formula is C7H11NO. The summed E-state index contributed by atoms with van der Waals surface area (Å²) in [6.07, 6.45) is 0.849. The largest absolute Gasteiger partial charge is 0.366 e. The van der Waals surface area contributed by atoms with Gasteiger partial charge in [0, 0.05) is 0 Å². The van der Waals surface area contributed by atoms with Gasteiger partial charge in [0.2, 0.25) is 0 Å². The molecule has 0 saturated heterocycles. The molecule has 0 amide bonds. The Morgan fingerprint density at radius 1 is 1.78 bits per heavy atom. The molecule has 0 spiro atoms. The van der Waals surface area contributed by atoms with Gasteiger partial charge >= 0.3 is 0 Å². The SMILES string of the molecule is C=C(C)CCOCC#N. The first kappa shape index (κ1) is 8.19. The minimum Gasteiger partial charge on any atom is -0.366 e. The Balaban J connectivity index is 2.94. The Morgan fingerprint density at radius 2 is 2.44 bits per heavy atom. The molecule has 0 aromatic heterocycles. The van der Waals surface area contributed by atoms with Crippen molar-refractivity contribution in [2.45, 2.75) is 13.3 Å². The van der Waals surface area contributed by atoms with Gasteiger partial charge in [0.15, 0.2) is 0 Å². The molecule has 0 aliphatic heterocycles. The van der Waals surface area contributed by atoms with Crippen molar-refractivity contribution >= 4 is 0 Å². The third-order valence-electron chi connectivity index (χ3n) is 0.840. The van der Waals surface area contributed by atoms with Gasteiger partial charge in [-0.05, 0) is 13.3 Å². The predicted molar refractivity (Wildman–Crippen MR) is 35.9 cm³/mol. The molecule has 0 radical (unpaired) electrons. The van der Waals surface area contributed by atoms with Crippen LogP contribution in [0.25, 0.3) is 0 Å². The first-order chi connectivity index (χ1) is 4.27. The van der Waals surface area contributed by atoms with Crippen LogP contribution in [0.3, 0.4) is 0 Å². The highest BCUT2D eigenvalue weighted by Gasteiger charge is 1.85. The molecule has 0 aliphatic rings. The van der Waals surface area contributed by atoms with Crippen LogP contribution in [0, 0.1) is 11.3 Å². The number of hydrogen-bond acceptors (Lipinski definition) is 2. The van der Waals surface area contributed by atoms with Crippen molar-refractivity contribution in [2.75, 3.05) is 13.2 Å². The van der Waals surface area contributed by atoms with Crippen LogP contribution in [-0.4, -0.2) is 13.2 Å². The van der Waals surface area contributed by atoms with Crippen molar-refractivity contribution in [3.05, 3.63) is 12.2 Å². The molecule has 0 aliphatic carbocycles. The second kappa shape index (κ2) is 5.33. The van der Waals surface area contributed by atoms with Crippen molar-refractivity contribution in [3.8, 4) is 6.07 Å². The van der Waals surface area contributed by atoms with Crippen LogP contribution in [0.5, 0.6) is 0 Å². The smallest absolute Gasteiger partial charge is 0.133 e. The molecule has 0 rings (SSSR count). The second-order valence-corrected chi connectivity index (χ2v) is 1.92. The summed E-state index contributed by atoms with van der Waals surface area (Å²) in [6.45, 7) is 6.43. The minimum absolute atomic E-state index is 0.188. The average molecular weight is 125 g/mol. The maximum Gasteiger partial charge on any atom is 0.133 e. The zero-order valence-electron chi connectivity index (χ0n) is 5.68. The predicted octanol–water partition coefficient (Wildman–Crippen LogP) is 1.49. The maximum atomic E-state index is 8.03. The van der Waals surface area contributed by atoms with Crippen molar-refractivity contribution in [1.82, 2.24) is 0 Å². The number of nitrogens with zero attached hydrogens (tertiary/aromatic N) is 1. The summed E-state index contributed by atoms with van der Waals surface area (Å²) >= 11 is 0. The molecule has 2 nitrogen and oxygen atoms in total. The van der Waals surface area contributed by atoms with Crippen LogP contribution >= 0.6 is 0 Å². The van der Waals surface area contributed by atoms with Crippen LogP contribution in [-0.2, 0) is 4.74 Å². The van der Waals surface area contributed by atoms with E-state index < -0.39 is 0 Å². The van der Waals surface area contributed by atoms with Crippen LogP contribution in [0.1, 0.15) is 13.3 Å². The Labute approximate surface area is 55.7 Å². The lowest BCUT2D eigenvalue weighted by molar-refractivity contribution is 0.169. The van der Waals surface area contributed by atoms with Gasteiger partial charge in [-0.25, -0.2) is 0 Å². The van der Waals surface area contributed by atoms with Gasteiger partial charge in [-0.1, -0.05) is 5.57 Å². The summed E-state index contributed by atoms with van der Waals surface area (Å²) < 4.78 is 4.87. The summed E-state index contributed by atoms with van der Waals surface area (Å²) in [5.41, 5.74) is 1.09. The Bertz CT molecular complexity index is 123. The fourth-order valence-electron chi connectivity index (χ4n) is 0.364. The highest BCUT2D eigenvalue weighted by Crippen LogP contribution is 1.93. The molecular weight excluding hydrogens is 114 g/mol. The highest BCUT2D eigenvalue weighted by atomic mass is 16.5. The van der Waals surface area contributed by atoms with E-state index in [1.54, 1.807) is 0 Å². The van der Waals surface area contributed by atoms with E-state index in [1.807, 2.05) is 13.0 Å². The molecule has 0 aromatic carbocycles. The van der Waals surface area contributed by atoms with Crippen molar-refractivity contribution in [2.24, 2.45) is 0 Å². The standard InChI is InChI=1S/C7H11NO/c1-7(2)3-5-9-6-4-8/h1,3,5-6H2,2H3. The summed E-state index contributed by atoms with van der Waals surface area (Å²) in [6, 6.07) is 1.89. The molecule has 0 bridgehead atoms. The third-order valence-corrected chi connectivity index (χ3v) is 0.840. The first-order valence-electron chi connectivity index (χ1n) is 2.86. The zero-order chi connectivity index (χ0) is 7.11. The molecule has 2 heteroatoms. The topological polar surface area (TPSA) is 33.0 Å². The van der Waals surface area contributed by atoms with E-state index in [4.69, 9.17) is 10.00 Å². The highest BCUT2D eigenvalue weighted by molar-refractivity contribution is 4.87. The summed E-state index contributed by atoms with van der Waals surface area (Å²) in [5.74, 6) is 0. The van der Waals surface area contributed by atoms with Gasteiger partial charge in [0.25, 0.3) is 0 Å². The van der Waals surface area contributed by atoms with Gasteiger partial charge in [-0.3, -0.25) is 0 Å². The quantitative estimate of drug-likeness (QED) is 0.421. The van der Waals surface area contributed by atoms with Gasteiger partial charge in [0.05, 0.1) is 12.7 Å². The van der Waals surface area contributed by atoms with Crippen molar-refractivity contribution in [3.63, 3.8) is 0 Å². The fourth-order valence-corrected chi connectivity index (χ4v) is 0.364. The summed E-state index contributed by atoms with van der Waals surface area (Å²) in [5, 5.41) is 8.03. The van der Waals surface area contributed by atoms with Crippen molar-refractivity contribution < 1.29 is 4.74 Å². The lowest BCUT2D eigenvalue weighted by Crippen LogP contribution is -1.93. The molecule has 0 saturated carbocycles. The van der Waals surface area contributed by atoms with E-state index in [2.05, 4.69) is 6.58 Å². The number of rotatable bonds is 4. The first-order valence-corrected chi connectivity index (χ1v) is 2.86. The van der Waals surface area contributed by atoms with Gasteiger partial charge in [-0.2, -0.15) is 5.26 Å². The van der Waals surface area contributed by atoms with E-state index in [1.165, 1.54) is 0 Å². The van der Waals surface area contributed by atoms with Gasteiger partial charge in [0.1, 0.15) is 6.61 Å². The van der Waals surface area contributed by atoms with Crippen LogP contribution in [0.15, 0.2) is 12.2 Å². The molecule has 0 fully saturated rings.